The number of amides is 1. The van der Waals surface area contributed by atoms with Crippen LogP contribution in [0, 0.1) is 6.92 Å². The number of aryl methyl sites for hydroxylation is 1. The second-order valence-electron chi connectivity index (χ2n) is 4.64. The lowest BCUT2D eigenvalue weighted by Gasteiger charge is -2.21. The molecule has 4 heteroatoms. The smallest absolute Gasteiger partial charge is 0.258 e. The SMILES string of the molecule is CCN(C(=O)c1ccc(N)c(C)c1)c1cccc(O)c1. The van der Waals surface area contributed by atoms with Gasteiger partial charge in [0.25, 0.3) is 5.91 Å². The fourth-order valence-corrected chi connectivity index (χ4v) is 2.07. The van der Waals surface area contributed by atoms with Crippen LogP contribution in [0.15, 0.2) is 42.5 Å². The molecule has 0 aromatic heterocycles. The molecule has 0 aliphatic carbocycles. The highest BCUT2D eigenvalue weighted by atomic mass is 16.3. The molecule has 0 saturated carbocycles. The fourth-order valence-electron chi connectivity index (χ4n) is 2.07. The van der Waals surface area contributed by atoms with Gasteiger partial charge in [-0.2, -0.15) is 0 Å². The van der Waals surface area contributed by atoms with Crippen LogP contribution in [0.2, 0.25) is 0 Å². The Hall–Kier alpha value is -2.49. The van der Waals surface area contributed by atoms with Gasteiger partial charge in [0.05, 0.1) is 0 Å². The molecule has 0 aliphatic heterocycles. The number of carbonyl (C=O) groups is 1. The number of nitrogen functional groups attached to an aromatic ring is 1. The summed E-state index contributed by atoms with van der Waals surface area (Å²) in [6.45, 7) is 4.29. The van der Waals surface area contributed by atoms with Crippen LogP contribution >= 0.6 is 0 Å². The molecule has 0 saturated heterocycles. The molecule has 2 aromatic carbocycles. The second-order valence-corrected chi connectivity index (χ2v) is 4.64. The van der Waals surface area contributed by atoms with Crippen molar-refractivity contribution in [2.75, 3.05) is 17.2 Å². The Morgan fingerprint density at radius 2 is 2.00 bits per heavy atom. The molecule has 1 amide bonds. The first-order chi connectivity index (χ1) is 9.52. The van der Waals surface area contributed by atoms with Crippen molar-refractivity contribution in [1.82, 2.24) is 0 Å². The van der Waals surface area contributed by atoms with E-state index in [1.807, 2.05) is 13.8 Å². The first-order valence-corrected chi connectivity index (χ1v) is 6.50. The number of benzene rings is 2. The van der Waals surface area contributed by atoms with E-state index in [0.29, 0.717) is 23.5 Å². The number of aromatic hydroxyl groups is 1. The maximum atomic E-state index is 12.6. The number of hydrogen-bond donors (Lipinski definition) is 2. The molecule has 4 nitrogen and oxygen atoms in total. The summed E-state index contributed by atoms with van der Waals surface area (Å²) in [7, 11) is 0. The van der Waals surface area contributed by atoms with E-state index in [0.717, 1.165) is 5.56 Å². The lowest BCUT2D eigenvalue weighted by atomic mass is 10.1. The first-order valence-electron chi connectivity index (χ1n) is 6.50. The molecule has 0 atom stereocenters. The molecular weight excluding hydrogens is 252 g/mol. The van der Waals surface area contributed by atoms with Gasteiger partial charge in [0.15, 0.2) is 0 Å². The molecule has 2 rings (SSSR count). The summed E-state index contributed by atoms with van der Waals surface area (Å²) >= 11 is 0. The third kappa shape index (κ3) is 2.74. The van der Waals surface area contributed by atoms with Crippen molar-refractivity contribution in [3.8, 4) is 5.75 Å². The van der Waals surface area contributed by atoms with E-state index in [2.05, 4.69) is 0 Å². The zero-order valence-corrected chi connectivity index (χ0v) is 11.6. The predicted octanol–water partition coefficient (Wildman–Crippen LogP) is 2.95. The number of anilines is 2. The average Bonchev–Trinajstić information content (AvgIpc) is 2.42. The van der Waals surface area contributed by atoms with Crippen LogP contribution in [0.25, 0.3) is 0 Å². The molecule has 20 heavy (non-hydrogen) atoms. The van der Waals surface area contributed by atoms with Crippen LogP contribution in [0.4, 0.5) is 11.4 Å². The minimum Gasteiger partial charge on any atom is -0.508 e. The standard InChI is InChI=1S/C16H18N2O2/c1-3-18(13-5-4-6-14(19)10-13)16(20)12-7-8-15(17)11(2)9-12/h4-10,19H,3,17H2,1-2H3. The molecule has 104 valence electrons. The zero-order valence-electron chi connectivity index (χ0n) is 11.6. The topological polar surface area (TPSA) is 66.6 Å². The van der Waals surface area contributed by atoms with Gasteiger partial charge in [-0.1, -0.05) is 6.07 Å². The molecular formula is C16H18N2O2. The number of nitrogens with zero attached hydrogens (tertiary/aromatic N) is 1. The van der Waals surface area contributed by atoms with Gasteiger partial charge in [-0.3, -0.25) is 4.79 Å². The van der Waals surface area contributed by atoms with Gasteiger partial charge in [0.1, 0.15) is 5.75 Å². The van der Waals surface area contributed by atoms with E-state index in [9.17, 15) is 9.90 Å². The Morgan fingerprint density at radius 1 is 1.25 bits per heavy atom. The normalized spacial score (nSPS) is 10.3. The van der Waals surface area contributed by atoms with Crippen molar-refractivity contribution in [3.05, 3.63) is 53.6 Å². The van der Waals surface area contributed by atoms with Crippen LogP contribution in [-0.2, 0) is 0 Å². The van der Waals surface area contributed by atoms with Crippen molar-refractivity contribution < 1.29 is 9.90 Å². The van der Waals surface area contributed by atoms with Crippen LogP contribution in [-0.4, -0.2) is 17.6 Å². The van der Waals surface area contributed by atoms with Crippen molar-refractivity contribution in [3.63, 3.8) is 0 Å². The lowest BCUT2D eigenvalue weighted by molar-refractivity contribution is 0.0988. The predicted molar refractivity (Wildman–Crippen MR) is 81.0 cm³/mol. The highest BCUT2D eigenvalue weighted by Crippen LogP contribution is 2.22. The quantitative estimate of drug-likeness (QED) is 0.843. The number of nitrogens with two attached hydrogens (primary N) is 1. The summed E-state index contributed by atoms with van der Waals surface area (Å²) in [6, 6.07) is 11.9. The minimum atomic E-state index is -0.110. The molecule has 0 unspecified atom stereocenters. The number of carbonyl (C=O) groups excluding carboxylic acids is 1. The third-order valence-electron chi connectivity index (χ3n) is 3.22. The number of rotatable bonds is 3. The number of hydrogen-bond acceptors (Lipinski definition) is 3. The van der Waals surface area contributed by atoms with Gasteiger partial charge in [0.2, 0.25) is 0 Å². The molecule has 0 heterocycles. The second kappa shape index (κ2) is 5.65. The highest BCUT2D eigenvalue weighted by Gasteiger charge is 2.16. The maximum Gasteiger partial charge on any atom is 0.258 e. The summed E-state index contributed by atoms with van der Waals surface area (Å²) in [5, 5.41) is 9.54. The van der Waals surface area contributed by atoms with Gasteiger partial charge >= 0.3 is 0 Å². The van der Waals surface area contributed by atoms with Crippen molar-refractivity contribution in [1.29, 1.82) is 0 Å². The Kier molecular flexibility index (Phi) is 3.94. The van der Waals surface area contributed by atoms with E-state index in [4.69, 9.17) is 5.73 Å². The fraction of sp³-hybridized carbons (Fsp3) is 0.188. The Bertz CT molecular complexity index is 638. The summed E-state index contributed by atoms with van der Waals surface area (Å²) in [4.78, 5) is 14.2. The Morgan fingerprint density at radius 3 is 2.60 bits per heavy atom. The van der Waals surface area contributed by atoms with Crippen molar-refractivity contribution in [2.45, 2.75) is 13.8 Å². The van der Waals surface area contributed by atoms with E-state index in [-0.39, 0.29) is 11.7 Å². The van der Waals surface area contributed by atoms with Crippen molar-refractivity contribution >= 4 is 17.3 Å². The van der Waals surface area contributed by atoms with E-state index < -0.39 is 0 Å². The van der Waals surface area contributed by atoms with E-state index in [1.165, 1.54) is 0 Å². The Labute approximate surface area is 118 Å². The van der Waals surface area contributed by atoms with E-state index in [1.54, 1.807) is 47.4 Å². The van der Waals surface area contributed by atoms with Crippen molar-refractivity contribution in [2.24, 2.45) is 0 Å². The third-order valence-corrected chi connectivity index (χ3v) is 3.22. The molecule has 0 radical (unpaired) electrons. The molecule has 0 bridgehead atoms. The molecule has 0 aliphatic rings. The Balaban J connectivity index is 2.36. The summed E-state index contributed by atoms with van der Waals surface area (Å²) < 4.78 is 0. The lowest BCUT2D eigenvalue weighted by Crippen LogP contribution is -2.30. The first kappa shape index (κ1) is 13.9. The average molecular weight is 270 g/mol. The molecule has 0 fully saturated rings. The number of phenolic OH excluding ortho intramolecular Hbond substituents is 1. The van der Waals surface area contributed by atoms with Gasteiger partial charge < -0.3 is 15.7 Å². The summed E-state index contributed by atoms with van der Waals surface area (Å²) in [6.07, 6.45) is 0. The van der Waals surface area contributed by atoms with E-state index >= 15 is 0 Å². The van der Waals surface area contributed by atoms with Crippen LogP contribution < -0.4 is 10.6 Å². The van der Waals surface area contributed by atoms with Gasteiger partial charge in [-0.15, -0.1) is 0 Å². The highest BCUT2D eigenvalue weighted by molar-refractivity contribution is 6.06. The summed E-state index contributed by atoms with van der Waals surface area (Å²) in [5.74, 6) is 0.0310. The molecule has 3 N–H and O–H groups in total. The van der Waals surface area contributed by atoms with Gasteiger partial charge in [0, 0.05) is 29.5 Å². The van der Waals surface area contributed by atoms with Gasteiger partial charge in [-0.25, -0.2) is 0 Å². The maximum absolute atomic E-state index is 12.6. The van der Waals surface area contributed by atoms with Crippen LogP contribution in [0.1, 0.15) is 22.8 Å². The van der Waals surface area contributed by atoms with Crippen LogP contribution in [0.5, 0.6) is 5.75 Å². The minimum absolute atomic E-state index is 0.110. The molecule has 2 aromatic rings. The molecule has 0 spiro atoms. The largest absolute Gasteiger partial charge is 0.508 e. The number of phenols is 1. The van der Waals surface area contributed by atoms with Gasteiger partial charge in [-0.05, 0) is 49.7 Å². The monoisotopic (exact) mass is 270 g/mol. The summed E-state index contributed by atoms with van der Waals surface area (Å²) in [5.41, 5.74) is 8.57. The zero-order chi connectivity index (χ0) is 14.7. The van der Waals surface area contributed by atoms with Crippen LogP contribution in [0.3, 0.4) is 0 Å².